The number of benzene rings is 1. The zero-order valence-electron chi connectivity index (χ0n) is 12.9. The van der Waals surface area contributed by atoms with Crippen molar-refractivity contribution in [3.05, 3.63) is 29.8 Å². The first-order chi connectivity index (χ1) is 10.1. The Labute approximate surface area is 126 Å². The molecule has 0 radical (unpaired) electrons. The number of ether oxygens (including phenoxy) is 2. The topological polar surface area (TPSA) is 35.5 Å². The average Bonchev–Trinajstić information content (AvgIpc) is 3.32. The van der Waals surface area contributed by atoms with Crippen LogP contribution in [0.15, 0.2) is 24.3 Å². The predicted octanol–water partition coefficient (Wildman–Crippen LogP) is 4.01. The first-order valence-electron chi connectivity index (χ1n) is 8.00. The van der Waals surface area contributed by atoms with Crippen molar-refractivity contribution in [3.63, 3.8) is 0 Å². The molecule has 3 nitrogen and oxygen atoms in total. The van der Waals surface area contributed by atoms with Crippen LogP contribution in [0.1, 0.15) is 55.8 Å². The van der Waals surface area contributed by atoms with Gasteiger partial charge in [-0.1, -0.05) is 19.1 Å². The molecule has 1 aromatic rings. The largest absolute Gasteiger partial charge is 0.490 e. The lowest BCUT2D eigenvalue weighted by atomic mass is 9.75. The molecule has 0 aliphatic heterocycles. The quantitative estimate of drug-likeness (QED) is 0.768. The third-order valence-corrected chi connectivity index (χ3v) is 4.81. The first-order valence-corrected chi connectivity index (χ1v) is 8.00. The van der Waals surface area contributed by atoms with Gasteiger partial charge in [0, 0.05) is 12.7 Å². The van der Waals surface area contributed by atoms with Gasteiger partial charge in [0.1, 0.15) is 11.4 Å². The summed E-state index contributed by atoms with van der Waals surface area (Å²) >= 11 is 0. The molecule has 1 aromatic carbocycles. The summed E-state index contributed by atoms with van der Waals surface area (Å²) in [6.07, 6.45) is 6.34. The van der Waals surface area contributed by atoms with E-state index in [0.29, 0.717) is 17.6 Å². The van der Waals surface area contributed by atoms with Crippen molar-refractivity contribution in [2.24, 2.45) is 5.92 Å². The lowest BCUT2D eigenvalue weighted by molar-refractivity contribution is -0.0263. The van der Waals surface area contributed by atoms with Gasteiger partial charge >= 0.3 is 0 Å². The molecule has 0 atom stereocenters. The maximum absolute atomic E-state index is 12.9. The third kappa shape index (κ3) is 3.13. The van der Waals surface area contributed by atoms with Gasteiger partial charge in [0.15, 0.2) is 5.78 Å². The number of carbonyl (C=O) groups is 1. The molecular weight excluding hydrogens is 264 g/mol. The van der Waals surface area contributed by atoms with Crippen LogP contribution in [0, 0.1) is 5.92 Å². The molecule has 21 heavy (non-hydrogen) atoms. The van der Waals surface area contributed by atoms with Gasteiger partial charge in [0.05, 0.1) is 6.10 Å². The summed E-state index contributed by atoms with van der Waals surface area (Å²) in [7, 11) is 1.67. The maximum atomic E-state index is 12.9. The first kappa shape index (κ1) is 14.6. The summed E-state index contributed by atoms with van der Waals surface area (Å²) in [5.74, 6) is 1.60. The maximum Gasteiger partial charge on any atom is 0.194 e. The smallest absolute Gasteiger partial charge is 0.194 e. The highest BCUT2D eigenvalue weighted by Gasteiger charge is 2.41. The molecule has 0 N–H and O–H groups in total. The van der Waals surface area contributed by atoms with E-state index in [-0.39, 0.29) is 5.78 Å². The Morgan fingerprint density at radius 3 is 2.52 bits per heavy atom. The molecule has 2 aliphatic carbocycles. The standard InChI is InChI=1S/C18H24O3/c1-13-8-10-18(20-2,11-9-13)17(19)14-4-3-5-16(12-14)21-15-6-7-15/h3-5,12-13,15H,6-11H2,1-2H3. The number of carbonyl (C=O) groups excluding carboxylic acids is 1. The van der Waals surface area contributed by atoms with E-state index in [1.807, 2.05) is 24.3 Å². The summed E-state index contributed by atoms with van der Waals surface area (Å²) in [5.41, 5.74) is 0.0783. The fourth-order valence-corrected chi connectivity index (χ4v) is 3.10. The van der Waals surface area contributed by atoms with Crippen molar-refractivity contribution >= 4 is 5.78 Å². The number of ketones is 1. The van der Waals surface area contributed by atoms with Crippen molar-refractivity contribution in [2.45, 2.75) is 57.2 Å². The van der Waals surface area contributed by atoms with Crippen molar-refractivity contribution in [2.75, 3.05) is 7.11 Å². The Balaban J connectivity index is 1.79. The molecule has 3 rings (SSSR count). The summed E-state index contributed by atoms with van der Waals surface area (Å²) < 4.78 is 11.5. The lowest BCUT2D eigenvalue weighted by Crippen LogP contribution is -2.43. The highest BCUT2D eigenvalue weighted by Crippen LogP contribution is 2.37. The van der Waals surface area contributed by atoms with E-state index in [0.717, 1.165) is 44.3 Å². The van der Waals surface area contributed by atoms with E-state index in [1.54, 1.807) is 7.11 Å². The second-order valence-electron chi connectivity index (χ2n) is 6.56. The highest BCUT2D eigenvalue weighted by molar-refractivity contribution is 6.02. The van der Waals surface area contributed by atoms with Crippen LogP contribution in [0.3, 0.4) is 0 Å². The molecule has 3 heteroatoms. The lowest BCUT2D eigenvalue weighted by Gasteiger charge is -2.37. The van der Waals surface area contributed by atoms with Crippen molar-refractivity contribution in [3.8, 4) is 5.75 Å². The normalized spacial score (nSPS) is 29.1. The van der Waals surface area contributed by atoms with E-state index < -0.39 is 5.60 Å². The van der Waals surface area contributed by atoms with Crippen LogP contribution in [-0.4, -0.2) is 24.6 Å². The molecular formula is C18H24O3. The molecule has 2 saturated carbocycles. The Hall–Kier alpha value is -1.35. The summed E-state index contributed by atoms with van der Waals surface area (Å²) in [6.45, 7) is 2.24. The monoisotopic (exact) mass is 288 g/mol. The van der Waals surface area contributed by atoms with Crippen LogP contribution >= 0.6 is 0 Å². The number of hydrogen-bond acceptors (Lipinski definition) is 3. The fraction of sp³-hybridized carbons (Fsp3) is 0.611. The van der Waals surface area contributed by atoms with Crippen LogP contribution in [0.25, 0.3) is 0 Å². The highest BCUT2D eigenvalue weighted by atomic mass is 16.5. The van der Waals surface area contributed by atoms with Crippen molar-refractivity contribution in [1.82, 2.24) is 0 Å². The summed E-state index contributed by atoms with van der Waals surface area (Å²) in [5, 5.41) is 0. The molecule has 114 valence electrons. The van der Waals surface area contributed by atoms with Crippen molar-refractivity contribution in [1.29, 1.82) is 0 Å². The second-order valence-corrected chi connectivity index (χ2v) is 6.56. The molecule has 2 aliphatic rings. The molecule has 0 spiro atoms. The molecule has 2 fully saturated rings. The molecule has 0 amide bonds. The number of hydrogen-bond donors (Lipinski definition) is 0. The number of Topliss-reactive ketones (excluding diaryl/α,β-unsaturated/α-hetero) is 1. The fourth-order valence-electron chi connectivity index (χ4n) is 3.10. The van der Waals surface area contributed by atoms with Crippen LogP contribution in [-0.2, 0) is 4.74 Å². The Morgan fingerprint density at radius 2 is 1.90 bits per heavy atom. The third-order valence-electron chi connectivity index (χ3n) is 4.81. The molecule has 0 saturated heterocycles. The van der Waals surface area contributed by atoms with Crippen molar-refractivity contribution < 1.29 is 14.3 Å². The minimum Gasteiger partial charge on any atom is -0.490 e. The van der Waals surface area contributed by atoms with E-state index in [9.17, 15) is 4.79 Å². The van der Waals surface area contributed by atoms with Crippen LogP contribution in [0.4, 0.5) is 0 Å². The van der Waals surface area contributed by atoms with Gasteiger partial charge in [0.25, 0.3) is 0 Å². The van der Waals surface area contributed by atoms with Gasteiger partial charge < -0.3 is 9.47 Å². The van der Waals surface area contributed by atoms with E-state index in [2.05, 4.69) is 6.92 Å². The van der Waals surface area contributed by atoms with Crippen LogP contribution in [0.2, 0.25) is 0 Å². The van der Waals surface area contributed by atoms with Crippen LogP contribution in [0.5, 0.6) is 5.75 Å². The van der Waals surface area contributed by atoms with Gasteiger partial charge in [-0.2, -0.15) is 0 Å². The molecule has 0 heterocycles. The van der Waals surface area contributed by atoms with Gasteiger partial charge in [-0.3, -0.25) is 4.79 Å². The Bertz CT molecular complexity index is 511. The summed E-state index contributed by atoms with van der Waals surface area (Å²) in [4.78, 5) is 12.9. The van der Waals surface area contributed by atoms with Gasteiger partial charge in [0.2, 0.25) is 0 Å². The predicted molar refractivity (Wildman–Crippen MR) is 81.8 cm³/mol. The zero-order chi connectivity index (χ0) is 14.9. The minimum atomic E-state index is -0.634. The van der Waals surface area contributed by atoms with Crippen LogP contribution < -0.4 is 4.74 Å². The van der Waals surface area contributed by atoms with E-state index >= 15 is 0 Å². The Kier molecular flexibility index (Phi) is 4.03. The molecule has 0 aromatic heterocycles. The zero-order valence-corrected chi connectivity index (χ0v) is 12.9. The van der Waals surface area contributed by atoms with E-state index in [4.69, 9.17) is 9.47 Å². The van der Waals surface area contributed by atoms with Gasteiger partial charge in [-0.05, 0) is 56.6 Å². The van der Waals surface area contributed by atoms with Gasteiger partial charge in [-0.25, -0.2) is 0 Å². The number of rotatable bonds is 5. The SMILES string of the molecule is COC1(C(=O)c2cccc(OC3CC3)c2)CCC(C)CC1. The molecule has 0 unspecified atom stereocenters. The second kappa shape index (κ2) is 5.80. The minimum absolute atomic E-state index is 0.109. The van der Waals surface area contributed by atoms with Gasteiger partial charge in [-0.15, -0.1) is 0 Å². The summed E-state index contributed by atoms with van der Waals surface area (Å²) in [6, 6.07) is 7.58. The Morgan fingerprint density at radius 1 is 1.19 bits per heavy atom. The number of methoxy groups -OCH3 is 1. The van der Waals surface area contributed by atoms with E-state index in [1.165, 1.54) is 0 Å². The molecule has 0 bridgehead atoms. The average molecular weight is 288 g/mol.